The van der Waals surface area contributed by atoms with Crippen molar-refractivity contribution in [2.24, 2.45) is 0 Å². The van der Waals surface area contributed by atoms with Crippen molar-refractivity contribution in [3.63, 3.8) is 0 Å². The molecule has 0 aliphatic carbocycles. The Hall–Kier alpha value is -2.57. The monoisotopic (exact) mass is 443 g/mol. The van der Waals surface area contributed by atoms with Gasteiger partial charge in [0, 0.05) is 54.8 Å². The molecule has 0 saturated carbocycles. The molecule has 6 nitrogen and oxygen atoms in total. The number of ether oxygens (including phenoxy) is 1. The molecule has 0 aromatic heterocycles. The van der Waals surface area contributed by atoms with E-state index < -0.39 is 0 Å². The number of nitrogens with zero attached hydrogens (tertiary/aromatic N) is 1. The standard InChI is InChI=1S/C24H30ClN3O3/c1-2-31-15-7-12-26-24(30)21-17-20(10-11-22(21)28-13-4-3-5-14-28)27-23(29)18-8-6-9-19(25)16-18/h6,8-11,16-17H,2-5,7,12-15H2,1H3,(H,26,30)(H,27,29). The summed E-state index contributed by atoms with van der Waals surface area (Å²) >= 11 is 6.00. The molecular formula is C24H30ClN3O3. The largest absolute Gasteiger partial charge is 0.382 e. The quantitative estimate of drug-likeness (QED) is 0.549. The molecule has 0 spiro atoms. The number of anilines is 2. The van der Waals surface area contributed by atoms with E-state index in [9.17, 15) is 9.59 Å². The molecular weight excluding hydrogens is 414 g/mol. The van der Waals surface area contributed by atoms with E-state index in [0.29, 0.717) is 41.6 Å². The fraction of sp³-hybridized carbons (Fsp3) is 0.417. The highest BCUT2D eigenvalue weighted by molar-refractivity contribution is 6.31. The van der Waals surface area contributed by atoms with E-state index in [0.717, 1.165) is 38.0 Å². The zero-order chi connectivity index (χ0) is 22.1. The number of halogens is 1. The van der Waals surface area contributed by atoms with Crippen LogP contribution in [0.2, 0.25) is 5.02 Å². The first-order valence-corrected chi connectivity index (χ1v) is 11.3. The molecule has 0 radical (unpaired) electrons. The second-order valence-corrected chi connectivity index (χ2v) is 7.99. The lowest BCUT2D eigenvalue weighted by molar-refractivity contribution is 0.0943. The number of hydrogen-bond acceptors (Lipinski definition) is 4. The van der Waals surface area contributed by atoms with Crippen LogP contribution in [0.5, 0.6) is 0 Å². The van der Waals surface area contributed by atoms with Gasteiger partial charge in [0.15, 0.2) is 0 Å². The molecule has 3 rings (SSSR count). The third-order valence-corrected chi connectivity index (χ3v) is 5.47. The maximum Gasteiger partial charge on any atom is 0.255 e. The van der Waals surface area contributed by atoms with Crippen LogP contribution in [-0.2, 0) is 4.74 Å². The number of nitrogens with one attached hydrogen (secondary N) is 2. The van der Waals surface area contributed by atoms with Crippen LogP contribution in [0.3, 0.4) is 0 Å². The van der Waals surface area contributed by atoms with Gasteiger partial charge in [-0.05, 0) is 69.0 Å². The first kappa shape index (κ1) is 23.1. The summed E-state index contributed by atoms with van der Waals surface area (Å²) in [5, 5.41) is 6.36. The predicted molar refractivity (Wildman–Crippen MR) is 125 cm³/mol. The van der Waals surface area contributed by atoms with Gasteiger partial charge in [0.1, 0.15) is 0 Å². The van der Waals surface area contributed by atoms with Crippen molar-refractivity contribution in [3.8, 4) is 0 Å². The van der Waals surface area contributed by atoms with Crippen LogP contribution in [0.4, 0.5) is 11.4 Å². The number of benzene rings is 2. The smallest absolute Gasteiger partial charge is 0.255 e. The van der Waals surface area contributed by atoms with Gasteiger partial charge < -0.3 is 20.3 Å². The van der Waals surface area contributed by atoms with Gasteiger partial charge in [-0.3, -0.25) is 9.59 Å². The van der Waals surface area contributed by atoms with Gasteiger partial charge in [-0.2, -0.15) is 0 Å². The summed E-state index contributed by atoms with van der Waals surface area (Å²) in [5.74, 6) is -0.410. The van der Waals surface area contributed by atoms with Gasteiger partial charge in [-0.15, -0.1) is 0 Å². The van der Waals surface area contributed by atoms with E-state index in [1.54, 1.807) is 30.3 Å². The molecule has 0 bridgehead atoms. The van der Waals surface area contributed by atoms with Crippen molar-refractivity contribution in [1.29, 1.82) is 0 Å². The molecule has 1 aliphatic heterocycles. The summed E-state index contributed by atoms with van der Waals surface area (Å²) in [6.07, 6.45) is 4.19. The van der Waals surface area contributed by atoms with E-state index in [1.165, 1.54) is 6.42 Å². The maximum atomic E-state index is 13.0. The van der Waals surface area contributed by atoms with E-state index in [1.807, 2.05) is 19.1 Å². The SMILES string of the molecule is CCOCCCNC(=O)c1cc(NC(=O)c2cccc(Cl)c2)ccc1N1CCCCC1. The average molecular weight is 444 g/mol. The summed E-state index contributed by atoms with van der Waals surface area (Å²) < 4.78 is 5.34. The second-order valence-electron chi connectivity index (χ2n) is 7.55. The Morgan fingerprint density at radius 2 is 1.87 bits per heavy atom. The Morgan fingerprint density at radius 1 is 1.06 bits per heavy atom. The van der Waals surface area contributed by atoms with Gasteiger partial charge in [-0.1, -0.05) is 17.7 Å². The van der Waals surface area contributed by atoms with E-state index in [2.05, 4.69) is 15.5 Å². The van der Waals surface area contributed by atoms with Crippen molar-refractivity contribution >= 4 is 34.8 Å². The Balaban J connectivity index is 1.77. The molecule has 0 atom stereocenters. The molecule has 31 heavy (non-hydrogen) atoms. The summed E-state index contributed by atoms with van der Waals surface area (Å²) in [6.45, 7) is 5.63. The minimum Gasteiger partial charge on any atom is -0.382 e. The Bertz CT molecular complexity index is 897. The number of carbonyl (C=O) groups excluding carboxylic acids is 2. The lowest BCUT2D eigenvalue weighted by atomic mass is 10.1. The molecule has 2 aromatic rings. The van der Waals surface area contributed by atoms with E-state index in [4.69, 9.17) is 16.3 Å². The molecule has 1 aliphatic rings. The Labute approximate surface area is 188 Å². The fourth-order valence-corrected chi connectivity index (χ4v) is 3.85. The van der Waals surface area contributed by atoms with Crippen molar-refractivity contribution in [2.75, 3.05) is 43.1 Å². The maximum absolute atomic E-state index is 13.0. The average Bonchev–Trinajstić information content (AvgIpc) is 2.79. The highest BCUT2D eigenvalue weighted by Crippen LogP contribution is 2.27. The van der Waals surface area contributed by atoms with Crippen LogP contribution in [-0.4, -0.2) is 44.7 Å². The second kappa shape index (κ2) is 11.7. The van der Waals surface area contributed by atoms with E-state index >= 15 is 0 Å². The van der Waals surface area contributed by atoms with Gasteiger partial charge in [0.2, 0.25) is 0 Å². The first-order chi connectivity index (χ1) is 15.1. The molecule has 0 unspecified atom stereocenters. The highest BCUT2D eigenvalue weighted by Gasteiger charge is 2.20. The van der Waals surface area contributed by atoms with Crippen LogP contribution < -0.4 is 15.5 Å². The lowest BCUT2D eigenvalue weighted by Crippen LogP contribution is -2.33. The minimum atomic E-state index is -0.267. The molecule has 1 heterocycles. The molecule has 2 N–H and O–H groups in total. The normalized spacial score (nSPS) is 13.7. The summed E-state index contributed by atoms with van der Waals surface area (Å²) in [6, 6.07) is 12.3. The summed E-state index contributed by atoms with van der Waals surface area (Å²) in [4.78, 5) is 27.8. The molecule has 166 valence electrons. The van der Waals surface area contributed by atoms with Gasteiger partial charge in [-0.25, -0.2) is 0 Å². The number of hydrogen-bond donors (Lipinski definition) is 2. The first-order valence-electron chi connectivity index (χ1n) is 10.9. The summed E-state index contributed by atoms with van der Waals surface area (Å²) in [5.41, 5.74) is 2.52. The topological polar surface area (TPSA) is 70.7 Å². The number of amides is 2. The number of rotatable bonds is 9. The Morgan fingerprint density at radius 3 is 2.61 bits per heavy atom. The van der Waals surface area contributed by atoms with Crippen LogP contribution in [0, 0.1) is 0 Å². The molecule has 1 saturated heterocycles. The molecule has 2 amide bonds. The molecule has 7 heteroatoms. The van der Waals surface area contributed by atoms with Crippen LogP contribution in [0.15, 0.2) is 42.5 Å². The number of carbonyl (C=O) groups is 2. The number of piperidine rings is 1. The lowest BCUT2D eigenvalue weighted by Gasteiger charge is -2.30. The van der Waals surface area contributed by atoms with Gasteiger partial charge in [0.05, 0.1) is 5.56 Å². The zero-order valence-electron chi connectivity index (χ0n) is 18.0. The van der Waals surface area contributed by atoms with Crippen molar-refractivity contribution in [3.05, 3.63) is 58.6 Å². The van der Waals surface area contributed by atoms with Crippen molar-refractivity contribution < 1.29 is 14.3 Å². The zero-order valence-corrected chi connectivity index (χ0v) is 18.7. The predicted octanol–water partition coefficient (Wildman–Crippen LogP) is 4.74. The highest BCUT2D eigenvalue weighted by atomic mass is 35.5. The van der Waals surface area contributed by atoms with Crippen molar-refractivity contribution in [1.82, 2.24) is 5.32 Å². The minimum absolute atomic E-state index is 0.143. The molecule has 2 aromatic carbocycles. The third-order valence-electron chi connectivity index (χ3n) is 5.24. The van der Waals surface area contributed by atoms with Crippen LogP contribution >= 0.6 is 11.6 Å². The van der Waals surface area contributed by atoms with E-state index in [-0.39, 0.29) is 11.8 Å². The summed E-state index contributed by atoms with van der Waals surface area (Å²) in [7, 11) is 0. The van der Waals surface area contributed by atoms with Gasteiger partial charge in [0.25, 0.3) is 11.8 Å². The molecule has 1 fully saturated rings. The Kier molecular flexibility index (Phi) is 8.74. The van der Waals surface area contributed by atoms with Crippen molar-refractivity contribution in [2.45, 2.75) is 32.6 Å². The third kappa shape index (κ3) is 6.71. The van der Waals surface area contributed by atoms with Gasteiger partial charge >= 0.3 is 0 Å². The van der Waals surface area contributed by atoms with Crippen LogP contribution in [0.1, 0.15) is 53.3 Å². The fourth-order valence-electron chi connectivity index (χ4n) is 3.65. The van der Waals surface area contributed by atoms with Crippen LogP contribution in [0.25, 0.3) is 0 Å².